The van der Waals surface area contributed by atoms with Gasteiger partial charge in [0.05, 0.1) is 24.2 Å². The Labute approximate surface area is 230 Å². The molecule has 1 saturated heterocycles. The number of fused-ring (bicyclic) bond motifs is 1. The highest BCUT2D eigenvalue weighted by atomic mass is 16.5. The maximum atomic E-state index is 13.9. The number of aryl methyl sites for hydroxylation is 3. The first kappa shape index (κ1) is 27.0. The van der Waals surface area contributed by atoms with Gasteiger partial charge in [-0.15, -0.1) is 0 Å². The molecule has 8 nitrogen and oxygen atoms in total. The van der Waals surface area contributed by atoms with Crippen LogP contribution in [0.5, 0.6) is 5.75 Å². The van der Waals surface area contributed by atoms with E-state index in [9.17, 15) is 9.59 Å². The Balaban J connectivity index is 1.25. The predicted molar refractivity (Wildman–Crippen MR) is 149 cm³/mol. The molecule has 2 aliphatic heterocycles. The van der Waals surface area contributed by atoms with E-state index >= 15 is 0 Å². The zero-order valence-corrected chi connectivity index (χ0v) is 23.4. The fourth-order valence-electron chi connectivity index (χ4n) is 6.06. The summed E-state index contributed by atoms with van der Waals surface area (Å²) in [5, 5.41) is 4.48. The standard InChI is InChI=1S/C31H40N4O4/c1-4-33-19-20-38-27-11-6-5-9-25(27)10-7-8-14-31(30(33)37)15-17-34(18-16-31)29(36)28-13-12-26(39-28)22-35-24(3)21-23(2)32-35/h5-6,9,11-13,21H,4,7-8,10,14-20,22H2,1-3H3. The van der Waals surface area contributed by atoms with E-state index < -0.39 is 5.41 Å². The Kier molecular flexibility index (Phi) is 8.10. The van der Waals surface area contributed by atoms with E-state index in [-0.39, 0.29) is 11.8 Å². The highest BCUT2D eigenvalue weighted by Crippen LogP contribution is 2.39. The minimum absolute atomic E-state index is 0.109. The first-order valence-corrected chi connectivity index (χ1v) is 14.3. The second-order valence-corrected chi connectivity index (χ2v) is 11.0. The molecule has 39 heavy (non-hydrogen) atoms. The van der Waals surface area contributed by atoms with Crippen LogP contribution in [0.15, 0.2) is 46.9 Å². The van der Waals surface area contributed by atoms with E-state index in [0.29, 0.717) is 63.7 Å². The lowest BCUT2D eigenvalue weighted by molar-refractivity contribution is -0.145. The summed E-state index contributed by atoms with van der Waals surface area (Å²) in [6.45, 7) is 9.30. The number of amides is 2. The largest absolute Gasteiger partial charge is 0.491 e. The average Bonchev–Trinajstić information content (AvgIpc) is 3.54. The Morgan fingerprint density at radius 2 is 1.82 bits per heavy atom. The Morgan fingerprint density at radius 3 is 2.56 bits per heavy atom. The molecule has 208 valence electrons. The number of aromatic nitrogens is 2. The van der Waals surface area contributed by atoms with Crippen molar-refractivity contribution in [3.8, 4) is 5.75 Å². The van der Waals surface area contributed by atoms with Crippen molar-refractivity contribution in [1.82, 2.24) is 19.6 Å². The fraction of sp³-hybridized carbons (Fsp3) is 0.516. The molecule has 2 aliphatic rings. The van der Waals surface area contributed by atoms with Crippen molar-refractivity contribution in [2.75, 3.05) is 32.8 Å². The zero-order chi connectivity index (χ0) is 27.4. The van der Waals surface area contributed by atoms with Gasteiger partial charge in [-0.05, 0) is 82.7 Å². The van der Waals surface area contributed by atoms with Gasteiger partial charge in [0.15, 0.2) is 5.76 Å². The summed E-state index contributed by atoms with van der Waals surface area (Å²) in [6.07, 6.45) is 5.12. The normalized spacial score (nSPS) is 18.3. The smallest absolute Gasteiger partial charge is 0.289 e. The monoisotopic (exact) mass is 532 g/mol. The average molecular weight is 533 g/mol. The van der Waals surface area contributed by atoms with E-state index in [1.165, 1.54) is 5.56 Å². The van der Waals surface area contributed by atoms with Crippen molar-refractivity contribution in [1.29, 1.82) is 0 Å². The summed E-state index contributed by atoms with van der Waals surface area (Å²) in [4.78, 5) is 31.0. The van der Waals surface area contributed by atoms with E-state index in [1.54, 1.807) is 6.07 Å². The summed E-state index contributed by atoms with van der Waals surface area (Å²) in [5.41, 5.74) is 2.81. The first-order valence-electron chi connectivity index (χ1n) is 14.3. The molecule has 0 saturated carbocycles. The van der Waals surface area contributed by atoms with Crippen LogP contribution in [0.25, 0.3) is 0 Å². The molecule has 0 aliphatic carbocycles. The molecular weight excluding hydrogens is 492 g/mol. The second-order valence-electron chi connectivity index (χ2n) is 11.0. The number of piperidine rings is 1. The molecule has 1 spiro atoms. The van der Waals surface area contributed by atoms with Crippen LogP contribution < -0.4 is 4.74 Å². The van der Waals surface area contributed by atoms with E-state index in [0.717, 1.165) is 42.8 Å². The summed E-state index contributed by atoms with van der Waals surface area (Å²) < 4.78 is 13.9. The van der Waals surface area contributed by atoms with Crippen molar-refractivity contribution in [2.24, 2.45) is 5.41 Å². The molecule has 0 bridgehead atoms. The van der Waals surface area contributed by atoms with Crippen molar-refractivity contribution in [3.63, 3.8) is 0 Å². The van der Waals surface area contributed by atoms with Crippen molar-refractivity contribution < 1.29 is 18.7 Å². The fourth-order valence-corrected chi connectivity index (χ4v) is 6.06. The summed E-state index contributed by atoms with van der Waals surface area (Å²) in [5.74, 6) is 2.08. The Bertz CT molecular complexity index is 1300. The lowest BCUT2D eigenvalue weighted by Crippen LogP contribution is -2.52. The summed E-state index contributed by atoms with van der Waals surface area (Å²) >= 11 is 0. The van der Waals surface area contributed by atoms with Gasteiger partial charge in [-0.25, -0.2) is 0 Å². The van der Waals surface area contributed by atoms with E-state index in [4.69, 9.17) is 9.15 Å². The predicted octanol–water partition coefficient (Wildman–Crippen LogP) is 5.02. The van der Waals surface area contributed by atoms with Crippen molar-refractivity contribution >= 4 is 11.8 Å². The molecule has 0 atom stereocenters. The number of likely N-dealkylation sites (N-methyl/N-ethyl adjacent to an activating group) is 1. The van der Waals surface area contributed by atoms with Crippen molar-refractivity contribution in [2.45, 2.75) is 65.8 Å². The maximum absolute atomic E-state index is 13.9. The Morgan fingerprint density at radius 1 is 1.03 bits per heavy atom. The third kappa shape index (κ3) is 5.89. The van der Waals surface area contributed by atoms with Crippen LogP contribution in [-0.2, 0) is 17.8 Å². The summed E-state index contributed by atoms with van der Waals surface area (Å²) in [7, 11) is 0. The minimum Gasteiger partial charge on any atom is -0.491 e. The number of furan rings is 1. The number of benzene rings is 1. The number of hydrogen-bond donors (Lipinski definition) is 0. The van der Waals surface area contributed by atoms with Gasteiger partial charge in [-0.3, -0.25) is 14.3 Å². The highest BCUT2D eigenvalue weighted by Gasteiger charge is 2.44. The summed E-state index contributed by atoms with van der Waals surface area (Å²) in [6, 6.07) is 13.9. The first-order chi connectivity index (χ1) is 18.9. The van der Waals surface area contributed by atoms with Crippen molar-refractivity contribution in [3.05, 3.63) is 70.9 Å². The lowest BCUT2D eigenvalue weighted by Gasteiger charge is -2.43. The topological polar surface area (TPSA) is 80.8 Å². The van der Waals surface area contributed by atoms with Gasteiger partial charge in [-0.2, -0.15) is 5.10 Å². The van der Waals surface area contributed by atoms with Crippen LogP contribution in [0.1, 0.15) is 72.3 Å². The van der Waals surface area contributed by atoms with Gasteiger partial charge >= 0.3 is 0 Å². The van der Waals surface area contributed by atoms with Crippen LogP contribution in [0, 0.1) is 19.3 Å². The molecule has 4 heterocycles. The zero-order valence-electron chi connectivity index (χ0n) is 23.4. The number of carbonyl (C=O) groups is 2. The molecule has 1 fully saturated rings. The molecule has 2 aromatic heterocycles. The van der Waals surface area contributed by atoms with Gasteiger partial charge in [0.2, 0.25) is 5.91 Å². The van der Waals surface area contributed by atoms with Gasteiger partial charge < -0.3 is 19.0 Å². The molecular formula is C31H40N4O4. The molecule has 1 aromatic carbocycles. The molecule has 0 unspecified atom stereocenters. The van der Waals surface area contributed by atoms with Crippen LogP contribution in [0.2, 0.25) is 0 Å². The second kappa shape index (κ2) is 11.7. The number of nitrogens with zero attached hydrogens (tertiary/aromatic N) is 4. The number of para-hydroxylation sites is 1. The quantitative estimate of drug-likeness (QED) is 0.472. The number of carbonyl (C=O) groups excluding carboxylic acids is 2. The van der Waals surface area contributed by atoms with Gasteiger partial charge in [0.25, 0.3) is 5.91 Å². The lowest BCUT2D eigenvalue weighted by atomic mass is 9.73. The van der Waals surface area contributed by atoms with Gasteiger partial charge in [0.1, 0.15) is 18.1 Å². The number of ether oxygens (including phenoxy) is 1. The third-order valence-electron chi connectivity index (χ3n) is 8.35. The molecule has 0 N–H and O–H groups in total. The number of rotatable bonds is 4. The molecule has 5 rings (SSSR count). The molecule has 3 aromatic rings. The van der Waals surface area contributed by atoms with Crippen LogP contribution >= 0.6 is 0 Å². The van der Waals surface area contributed by atoms with Gasteiger partial charge in [0, 0.05) is 25.3 Å². The SMILES string of the molecule is CCN1CCOc2ccccc2CCCCC2(CCN(C(=O)c3ccc(Cn4nc(C)cc4C)o3)CC2)C1=O. The van der Waals surface area contributed by atoms with Crippen LogP contribution in [-0.4, -0.2) is 64.2 Å². The number of hydrogen-bond acceptors (Lipinski definition) is 5. The Hall–Kier alpha value is -3.55. The van der Waals surface area contributed by atoms with E-state index in [2.05, 4.69) is 17.2 Å². The molecule has 2 amide bonds. The maximum Gasteiger partial charge on any atom is 0.289 e. The minimum atomic E-state index is -0.435. The third-order valence-corrected chi connectivity index (χ3v) is 8.35. The molecule has 0 radical (unpaired) electrons. The van der Waals surface area contributed by atoms with Crippen LogP contribution in [0.4, 0.5) is 0 Å². The van der Waals surface area contributed by atoms with E-state index in [1.807, 2.05) is 59.5 Å². The van der Waals surface area contributed by atoms with Gasteiger partial charge in [-0.1, -0.05) is 24.6 Å². The highest BCUT2D eigenvalue weighted by molar-refractivity contribution is 5.92. The van der Waals surface area contributed by atoms with Crippen LogP contribution in [0.3, 0.4) is 0 Å². The number of likely N-dealkylation sites (tertiary alicyclic amines) is 1. The molecule has 8 heteroatoms.